The third-order valence-electron chi connectivity index (χ3n) is 2.92. The molecule has 1 aliphatic rings. The molecular weight excluding hydrogens is 242 g/mol. The molecule has 0 aliphatic carbocycles. The first-order chi connectivity index (χ1) is 9.24. The zero-order chi connectivity index (χ0) is 13.7. The first kappa shape index (κ1) is 12.7. The van der Waals surface area contributed by atoms with Gasteiger partial charge in [0.15, 0.2) is 0 Å². The number of anilines is 1. The highest BCUT2D eigenvalue weighted by Gasteiger charge is 2.18. The minimum atomic E-state index is -0.0423. The average molecular weight is 255 g/mol. The molecule has 6 heteroatoms. The summed E-state index contributed by atoms with van der Waals surface area (Å²) >= 11 is 0. The Morgan fingerprint density at radius 1 is 1.32 bits per heavy atom. The Kier molecular flexibility index (Phi) is 3.84. The number of carbonyl (C=O) groups is 1. The van der Waals surface area contributed by atoms with Crippen LogP contribution >= 0.6 is 0 Å². The summed E-state index contributed by atoms with van der Waals surface area (Å²) in [6.45, 7) is 2.61. The van der Waals surface area contributed by atoms with E-state index in [1.807, 2.05) is 12.1 Å². The van der Waals surface area contributed by atoms with Crippen molar-refractivity contribution in [3.8, 4) is 12.1 Å². The van der Waals surface area contributed by atoms with Crippen LogP contribution in [-0.4, -0.2) is 37.1 Å². The van der Waals surface area contributed by atoms with Crippen molar-refractivity contribution in [2.24, 2.45) is 0 Å². The van der Waals surface area contributed by atoms with Gasteiger partial charge in [0.2, 0.25) is 0 Å². The van der Waals surface area contributed by atoms with Gasteiger partial charge in [-0.25, -0.2) is 4.79 Å². The van der Waals surface area contributed by atoms with E-state index in [1.54, 1.807) is 23.1 Å². The van der Waals surface area contributed by atoms with Gasteiger partial charge in [0.05, 0.1) is 11.1 Å². The molecule has 0 saturated carbocycles. The normalized spacial score (nSPS) is 13.6. The highest BCUT2D eigenvalue weighted by atomic mass is 16.2. The van der Waals surface area contributed by atoms with E-state index in [2.05, 4.69) is 10.6 Å². The van der Waals surface area contributed by atoms with Crippen molar-refractivity contribution in [1.29, 1.82) is 10.5 Å². The van der Waals surface area contributed by atoms with Gasteiger partial charge in [-0.05, 0) is 18.2 Å². The summed E-state index contributed by atoms with van der Waals surface area (Å²) in [5.41, 5.74) is 1.49. The Morgan fingerprint density at radius 2 is 2.11 bits per heavy atom. The molecular formula is C13H13N5O. The van der Waals surface area contributed by atoms with E-state index in [-0.39, 0.29) is 6.03 Å². The Hall–Kier alpha value is -2.73. The maximum absolute atomic E-state index is 11.3. The van der Waals surface area contributed by atoms with E-state index < -0.39 is 0 Å². The molecule has 1 aliphatic heterocycles. The summed E-state index contributed by atoms with van der Waals surface area (Å²) in [4.78, 5) is 13.0. The fraction of sp³-hybridized carbons (Fsp3) is 0.308. The Labute approximate surface area is 111 Å². The molecule has 0 radical (unpaired) electrons. The van der Waals surface area contributed by atoms with Crippen LogP contribution in [0.15, 0.2) is 18.2 Å². The van der Waals surface area contributed by atoms with Gasteiger partial charge in [0.25, 0.3) is 0 Å². The van der Waals surface area contributed by atoms with Gasteiger partial charge < -0.3 is 15.5 Å². The first-order valence-electron chi connectivity index (χ1n) is 5.95. The van der Waals surface area contributed by atoms with Gasteiger partial charge in [-0.1, -0.05) is 0 Å². The van der Waals surface area contributed by atoms with Crippen LogP contribution in [0.4, 0.5) is 10.5 Å². The van der Waals surface area contributed by atoms with Gasteiger partial charge in [0.1, 0.15) is 12.1 Å². The zero-order valence-corrected chi connectivity index (χ0v) is 10.3. The summed E-state index contributed by atoms with van der Waals surface area (Å²) in [6, 6.07) is 8.92. The zero-order valence-electron chi connectivity index (χ0n) is 10.3. The number of nitrogens with one attached hydrogen (secondary N) is 2. The van der Waals surface area contributed by atoms with Crippen LogP contribution in [-0.2, 0) is 0 Å². The molecule has 1 aromatic carbocycles. The fourth-order valence-corrected chi connectivity index (χ4v) is 1.90. The molecule has 2 rings (SSSR count). The van der Waals surface area contributed by atoms with E-state index in [4.69, 9.17) is 10.5 Å². The molecule has 1 heterocycles. The Balaban J connectivity index is 1.92. The van der Waals surface area contributed by atoms with E-state index >= 15 is 0 Å². The van der Waals surface area contributed by atoms with Crippen LogP contribution < -0.4 is 10.6 Å². The summed E-state index contributed by atoms with van der Waals surface area (Å²) in [7, 11) is 0. The van der Waals surface area contributed by atoms with Crippen molar-refractivity contribution >= 4 is 11.7 Å². The molecule has 0 unspecified atom stereocenters. The minimum absolute atomic E-state index is 0.0423. The summed E-state index contributed by atoms with van der Waals surface area (Å²) in [5.74, 6) is 0. The van der Waals surface area contributed by atoms with Gasteiger partial charge in [-0.2, -0.15) is 10.5 Å². The lowest BCUT2D eigenvalue weighted by atomic mass is 10.1. The van der Waals surface area contributed by atoms with Gasteiger partial charge in [-0.15, -0.1) is 0 Å². The predicted molar refractivity (Wildman–Crippen MR) is 69.3 cm³/mol. The molecule has 19 heavy (non-hydrogen) atoms. The van der Waals surface area contributed by atoms with Gasteiger partial charge in [0, 0.05) is 31.9 Å². The van der Waals surface area contributed by atoms with Crippen molar-refractivity contribution in [2.45, 2.75) is 0 Å². The second kappa shape index (κ2) is 5.74. The smallest absolute Gasteiger partial charge is 0.317 e. The summed E-state index contributed by atoms with van der Waals surface area (Å²) < 4.78 is 0. The SMILES string of the molecule is N#Cc1ccc(NCCN2CCNC2=O)cc1C#N. The Morgan fingerprint density at radius 3 is 2.74 bits per heavy atom. The molecule has 6 nitrogen and oxygen atoms in total. The van der Waals surface area contributed by atoms with E-state index in [1.165, 1.54) is 0 Å². The molecule has 2 amide bonds. The second-order valence-corrected chi connectivity index (χ2v) is 4.13. The highest BCUT2D eigenvalue weighted by Crippen LogP contribution is 2.14. The van der Waals surface area contributed by atoms with Crippen LogP contribution in [0.3, 0.4) is 0 Å². The summed E-state index contributed by atoms with van der Waals surface area (Å²) in [6.07, 6.45) is 0. The highest BCUT2D eigenvalue weighted by molar-refractivity contribution is 5.76. The maximum Gasteiger partial charge on any atom is 0.317 e. The second-order valence-electron chi connectivity index (χ2n) is 4.13. The van der Waals surface area contributed by atoms with Crippen molar-refractivity contribution in [1.82, 2.24) is 10.2 Å². The van der Waals surface area contributed by atoms with Crippen LogP contribution in [0, 0.1) is 22.7 Å². The third-order valence-corrected chi connectivity index (χ3v) is 2.92. The number of urea groups is 1. The summed E-state index contributed by atoms with van der Waals surface area (Å²) in [5, 5.41) is 23.6. The number of benzene rings is 1. The van der Waals surface area contributed by atoms with Gasteiger partial charge in [-0.3, -0.25) is 0 Å². The van der Waals surface area contributed by atoms with Crippen LogP contribution in [0.5, 0.6) is 0 Å². The molecule has 96 valence electrons. The fourth-order valence-electron chi connectivity index (χ4n) is 1.90. The van der Waals surface area contributed by atoms with Crippen LogP contribution in [0.25, 0.3) is 0 Å². The third kappa shape index (κ3) is 2.93. The van der Waals surface area contributed by atoms with Crippen LogP contribution in [0.2, 0.25) is 0 Å². The molecule has 0 atom stereocenters. The lowest BCUT2D eigenvalue weighted by Gasteiger charge is -2.15. The standard InChI is InChI=1S/C13H13N5O/c14-8-10-1-2-12(7-11(10)9-15)16-3-5-18-6-4-17-13(18)19/h1-2,7,16H,3-6H2,(H,17,19). The molecule has 0 spiro atoms. The predicted octanol–water partition coefficient (Wildman–Crippen LogP) is 0.867. The van der Waals surface area contributed by atoms with E-state index in [0.717, 1.165) is 12.2 Å². The minimum Gasteiger partial charge on any atom is -0.383 e. The monoisotopic (exact) mass is 255 g/mol. The van der Waals surface area contributed by atoms with Crippen molar-refractivity contribution < 1.29 is 4.79 Å². The number of amides is 2. The largest absolute Gasteiger partial charge is 0.383 e. The first-order valence-corrected chi connectivity index (χ1v) is 5.95. The number of nitrogens with zero attached hydrogens (tertiary/aromatic N) is 3. The number of carbonyl (C=O) groups excluding carboxylic acids is 1. The molecule has 2 N–H and O–H groups in total. The number of nitriles is 2. The van der Waals surface area contributed by atoms with E-state index in [9.17, 15) is 4.79 Å². The van der Waals surface area contributed by atoms with Crippen molar-refractivity contribution in [3.05, 3.63) is 29.3 Å². The number of rotatable bonds is 4. The lowest BCUT2D eigenvalue weighted by molar-refractivity contribution is 0.219. The quantitative estimate of drug-likeness (QED) is 0.834. The average Bonchev–Trinajstić information content (AvgIpc) is 2.84. The molecule has 1 saturated heterocycles. The topological polar surface area (TPSA) is 91.9 Å². The lowest BCUT2D eigenvalue weighted by Crippen LogP contribution is -2.32. The number of hydrogen-bond donors (Lipinski definition) is 2. The Bertz CT molecular complexity index is 569. The molecule has 1 aromatic rings. The van der Waals surface area contributed by atoms with Crippen molar-refractivity contribution in [2.75, 3.05) is 31.5 Å². The van der Waals surface area contributed by atoms with Gasteiger partial charge >= 0.3 is 6.03 Å². The van der Waals surface area contributed by atoms with Crippen molar-refractivity contribution in [3.63, 3.8) is 0 Å². The number of hydrogen-bond acceptors (Lipinski definition) is 4. The molecule has 0 bridgehead atoms. The molecule has 0 aromatic heterocycles. The van der Waals surface area contributed by atoms with E-state index in [0.29, 0.717) is 30.8 Å². The maximum atomic E-state index is 11.3. The van der Waals surface area contributed by atoms with Crippen LogP contribution in [0.1, 0.15) is 11.1 Å². The molecule has 1 fully saturated rings.